The molecule has 0 amide bonds. The molecule has 1 aromatic rings. The molecule has 2 N–H and O–H groups in total. The fourth-order valence-corrected chi connectivity index (χ4v) is 5.41. The Morgan fingerprint density at radius 3 is 2.75 bits per heavy atom. The molecule has 3 aliphatic rings. The zero-order valence-corrected chi connectivity index (χ0v) is 17.0. The molecular formula is C22H29NO4S. The van der Waals surface area contributed by atoms with Gasteiger partial charge in [-0.05, 0) is 67.9 Å². The summed E-state index contributed by atoms with van der Waals surface area (Å²) in [7, 11) is -3.36. The molecule has 0 heterocycles. The number of carbonyl (C=O) groups is 1. The standard InChI is InChI=1S/C22H29NO4S/c24-22(25)10-6-2-5-9-19-15-18-11-12-20(19)21(16-18)23-28(26,27)14-13-17-7-3-1-4-8-17/h1,3-5,7-9,18-19,23H,2,6,10-16H2,(H,24,25). The highest BCUT2D eigenvalue weighted by atomic mass is 32.2. The monoisotopic (exact) mass is 403 g/mol. The molecule has 2 bridgehead atoms. The summed E-state index contributed by atoms with van der Waals surface area (Å²) in [6, 6.07) is 9.67. The largest absolute Gasteiger partial charge is 0.481 e. The van der Waals surface area contributed by atoms with Crippen molar-refractivity contribution >= 4 is 16.0 Å². The van der Waals surface area contributed by atoms with Crippen molar-refractivity contribution in [2.24, 2.45) is 11.8 Å². The lowest BCUT2D eigenvalue weighted by Gasteiger charge is -2.38. The lowest BCUT2D eigenvalue weighted by Crippen LogP contribution is -2.35. The first-order chi connectivity index (χ1) is 13.4. The predicted octanol–water partition coefficient (Wildman–Crippen LogP) is 4.03. The molecule has 0 spiro atoms. The van der Waals surface area contributed by atoms with Gasteiger partial charge in [-0.1, -0.05) is 42.5 Å². The van der Waals surface area contributed by atoms with Crippen molar-refractivity contribution in [1.82, 2.24) is 4.72 Å². The van der Waals surface area contributed by atoms with Gasteiger partial charge in [0.05, 0.1) is 5.75 Å². The number of nitrogens with one attached hydrogen (secondary N) is 1. The van der Waals surface area contributed by atoms with Crippen LogP contribution in [0.25, 0.3) is 0 Å². The van der Waals surface area contributed by atoms with E-state index < -0.39 is 16.0 Å². The van der Waals surface area contributed by atoms with Crippen molar-refractivity contribution in [3.05, 3.63) is 59.3 Å². The lowest BCUT2D eigenvalue weighted by atomic mass is 9.69. The Balaban J connectivity index is 1.60. The van der Waals surface area contributed by atoms with Crippen molar-refractivity contribution in [2.75, 3.05) is 5.75 Å². The molecule has 2 atom stereocenters. The highest BCUT2D eigenvalue weighted by molar-refractivity contribution is 7.89. The number of aryl methyl sites for hydroxylation is 1. The first-order valence-electron chi connectivity index (χ1n) is 10.1. The summed E-state index contributed by atoms with van der Waals surface area (Å²) in [5, 5.41) is 8.71. The van der Waals surface area contributed by atoms with E-state index in [2.05, 4.69) is 16.9 Å². The summed E-state index contributed by atoms with van der Waals surface area (Å²) in [5.41, 5.74) is 3.15. The third kappa shape index (κ3) is 5.96. The van der Waals surface area contributed by atoms with E-state index in [1.165, 1.54) is 5.57 Å². The van der Waals surface area contributed by atoms with Gasteiger partial charge in [0.2, 0.25) is 10.0 Å². The molecule has 0 aromatic heterocycles. The van der Waals surface area contributed by atoms with E-state index in [9.17, 15) is 13.2 Å². The minimum absolute atomic E-state index is 0.0914. The summed E-state index contributed by atoms with van der Waals surface area (Å²) >= 11 is 0. The van der Waals surface area contributed by atoms with E-state index in [0.29, 0.717) is 18.8 Å². The second kappa shape index (κ2) is 9.41. The average molecular weight is 404 g/mol. The molecule has 28 heavy (non-hydrogen) atoms. The number of fused-ring (bicyclic) bond motifs is 3. The topological polar surface area (TPSA) is 83.5 Å². The second-order valence-corrected chi connectivity index (χ2v) is 9.67. The summed E-state index contributed by atoms with van der Waals surface area (Å²) in [5.74, 6) is 0.135. The maximum absolute atomic E-state index is 12.6. The Morgan fingerprint density at radius 1 is 1.25 bits per heavy atom. The van der Waals surface area contributed by atoms with Crippen LogP contribution in [0.1, 0.15) is 50.5 Å². The van der Waals surface area contributed by atoms with Gasteiger partial charge in [0, 0.05) is 12.1 Å². The number of carboxylic acids is 1. The third-order valence-corrected chi connectivity index (χ3v) is 6.95. The molecule has 1 fully saturated rings. The third-order valence-electron chi connectivity index (χ3n) is 5.65. The van der Waals surface area contributed by atoms with Crippen LogP contribution in [0, 0.1) is 11.8 Å². The second-order valence-electron chi connectivity index (χ2n) is 7.83. The molecule has 1 saturated carbocycles. The molecule has 3 aliphatic carbocycles. The number of hydrogen-bond donors (Lipinski definition) is 2. The zero-order valence-electron chi connectivity index (χ0n) is 16.1. The van der Waals surface area contributed by atoms with Crippen LogP contribution in [0.5, 0.6) is 0 Å². The Labute approximate surface area is 167 Å². The SMILES string of the molecule is O=C(O)CCCC=CC1CC2CCC1=C(NS(=O)(=O)CCc1ccccc1)C2. The van der Waals surface area contributed by atoms with Crippen molar-refractivity contribution in [3.63, 3.8) is 0 Å². The van der Waals surface area contributed by atoms with E-state index in [1.54, 1.807) is 0 Å². The van der Waals surface area contributed by atoms with Crippen molar-refractivity contribution in [1.29, 1.82) is 0 Å². The summed E-state index contributed by atoms with van der Waals surface area (Å²) in [4.78, 5) is 10.6. The predicted molar refractivity (Wildman–Crippen MR) is 110 cm³/mol. The molecule has 0 radical (unpaired) electrons. The number of benzene rings is 1. The van der Waals surface area contributed by atoms with Crippen molar-refractivity contribution in [3.8, 4) is 0 Å². The maximum Gasteiger partial charge on any atom is 0.303 e. The van der Waals surface area contributed by atoms with Gasteiger partial charge in [0.1, 0.15) is 0 Å². The molecular weight excluding hydrogens is 374 g/mol. The molecule has 152 valence electrons. The van der Waals surface area contributed by atoms with Crippen LogP contribution in [0.4, 0.5) is 0 Å². The smallest absolute Gasteiger partial charge is 0.303 e. The lowest BCUT2D eigenvalue weighted by molar-refractivity contribution is -0.137. The molecule has 0 aliphatic heterocycles. The summed E-state index contributed by atoms with van der Waals surface area (Å²) in [6.07, 6.45) is 10.3. The zero-order chi connectivity index (χ0) is 20.0. The van der Waals surface area contributed by atoms with Gasteiger partial charge in [-0.2, -0.15) is 0 Å². The molecule has 2 unspecified atom stereocenters. The van der Waals surface area contributed by atoms with E-state index in [0.717, 1.165) is 43.4 Å². The number of hydrogen-bond acceptors (Lipinski definition) is 3. The van der Waals surface area contributed by atoms with Gasteiger partial charge in [0.25, 0.3) is 0 Å². The minimum Gasteiger partial charge on any atom is -0.481 e. The molecule has 6 heteroatoms. The van der Waals surface area contributed by atoms with E-state index in [-0.39, 0.29) is 18.1 Å². The normalized spacial score (nSPS) is 22.0. The Morgan fingerprint density at radius 2 is 2.04 bits per heavy atom. The number of sulfonamides is 1. The Kier molecular flexibility index (Phi) is 6.94. The van der Waals surface area contributed by atoms with Crippen LogP contribution in [0.2, 0.25) is 0 Å². The van der Waals surface area contributed by atoms with Gasteiger partial charge in [-0.3, -0.25) is 9.52 Å². The van der Waals surface area contributed by atoms with Crippen molar-refractivity contribution in [2.45, 2.75) is 51.4 Å². The molecule has 0 saturated heterocycles. The van der Waals surface area contributed by atoms with Crippen LogP contribution < -0.4 is 4.72 Å². The fraction of sp³-hybridized carbons (Fsp3) is 0.500. The number of carboxylic acid groups (broad SMARTS) is 1. The quantitative estimate of drug-likeness (QED) is 0.456. The van der Waals surface area contributed by atoms with Gasteiger partial charge in [0.15, 0.2) is 0 Å². The first kappa shape index (κ1) is 20.6. The maximum atomic E-state index is 12.6. The average Bonchev–Trinajstić information content (AvgIpc) is 2.67. The number of aliphatic carboxylic acids is 1. The van der Waals surface area contributed by atoms with Crippen LogP contribution in [0.15, 0.2) is 53.8 Å². The van der Waals surface area contributed by atoms with Crippen LogP contribution in [0.3, 0.4) is 0 Å². The minimum atomic E-state index is -3.36. The summed E-state index contributed by atoms with van der Waals surface area (Å²) < 4.78 is 28.1. The first-order valence-corrected chi connectivity index (χ1v) is 11.7. The molecule has 1 aromatic carbocycles. The Bertz CT molecular complexity index is 843. The van der Waals surface area contributed by atoms with Gasteiger partial charge in [-0.15, -0.1) is 0 Å². The van der Waals surface area contributed by atoms with Crippen molar-refractivity contribution < 1.29 is 18.3 Å². The molecule has 5 nitrogen and oxygen atoms in total. The van der Waals surface area contributed by atoms with Gasteiger partial charge >= 0.3 is 5.97 Å². The fourth-order valence-electron chi connectivity index (χ4n) is 4.21. The number of unbranched alkanes of at least 4 members (excludes halogenated alkanes) is 1. The van der Waals surface area contributed by atoms with Crippen LogP contribution in [-0.4, -0.2) is 25.2 Å². The highest BCUT2D eigenvalue weighted by Crippen LogP contribution is 2.44. The summed E-state index contributed by atoms with van der Waals surface area (Å²) in [6.45, 7) is 0. The Hall–Kier alpha value is -2.08. The van der Waals surface area contributed by atoms with Gasteiger partial charge < -0.3 is 5.11 Å². The van der Waals surface area contributed by atoms with Crippen LogP contribution >= 0.6 is 0 Å². The highest BCUT2D eigenvalue weighted by Gasteiger charge is 2.34. The van der Waals surface area contributed by atoms with E-state index >= 15 is 0 Å². The van der Waals surface area contributed by atoms with E-state index in [4.69, 9.17) is 5.11 Å². The number of allylic oxidation sites excluding steroid dienone is 4. The van der Waals surface area contributed by atoms with Gasteiger partial charge in [-0.25, -0.2) is 8.42 Å². The molecule has 4 rings (SSSR count). The van der Waals surface area contributed by atoms with Crippen LogP contribution in [-0.2, 0) is 21.2 Å². The van der Waals surface area contributed by atoms with E-state index in [1.807, 2.05) is 30.3 Å². The number of rotatable bonds is 10.